The third-order valence-electron chi connectivity index (χ3n) is 11.5. The minimum Gasteiger partial charge on any atom is -0.462 e. The standard InChI is InChI=1S/C62H102O6/c1-4-7-10-13-16-19-22-25-28-30-31-32-35-37-40-43-46-49-52-55-61(64)67-58-59(57-66-60(63)54-51-48-45-42-39-36-33-27-24-21-18-15-12-9-6-3)68-62(65)56-53-50-47-44-41-38-34-29-26-23-20-17-14-11-8-5-2/h7,9-10,12,16,18-19,21,25,27-29,31-34,37,40,59H,4-6,8,11,13-15,17,20,22-24,26,30,35-36,38-39,41-58H2,1-3H3/b10-7-,12-9-,19-16-,21-18-,28-25-,32-31-,33-27-,34-29-,40-37-. The van der Waals surface area contributed by atoms with Crippen LogP contribution in [0.4, 0.5) is 0 Å². The fourth-order valence-electron chi connectivity index (χ4n) is 7.36. The van der Waals surface area contributed by atoms with Gasteiger partial charge in [0.25, 0.3) is 0 Å². The number of hydrogen-bond acceptors (Lipinski definition) is 6. The van der Waals surface area contributed by atoms with Crippen molar-refractivity contribution in [3.05, 3.63) is 109 Å². The van der Waals surface area contributed by atoms with Gasteiger partial charge in [-0.3, -0.25) is 14.4 Å². The summed E-state index contributed by atoms with van der Waals surface area (Å²) < 4.78 is 16.8. The highest BCUT2D eigenvalue weighted by Crippen LogP contribution is 2.14. The van der Waals surface area contributed by atoms with Gasteiger partial charge in [-0.2, -0.15) is 0 Å². The van der Waals surface area contributed by atoms with E-state index in [4.69, 9.17) is 14.2 Å². The maximum Gasteiger partial charge on any atom is 0.306 e. The lowest BCUT2D eigenvalue weighted by atomic mass is 10.1. The Balaban J connectivity index is 4.50. The molecule has 0 saturated heterocycles. The van der Waals surface area contributed by atoms with Crippen LogP contribution in [-0.4, -0.2) is 37.2 Å². The predicted molar refractivity (Wildman–Crippen MR) is 293 cm³/mol. The molecule has 0 radical (unpaired) electrons. The largest absolute Gasteiger partial charge is 0.462 e. The van der Waals surface area contributed by atoms with E-state index >= 15 is 0 Å². The molecule has 68 heavy (non-hydrogen) atoms. The lowest BCUT2D eigenvalue weighted by molar-refractivity contribution is -0.167. The zero-order chi connectivity index (χ0) is 49.3. The van der Waals surface area contributed by atoms with Gasteiger partial charge in [0.2, 0.25) is 0 Å². The van der Waals surface area contributed by atoms with Gasteiger partial charge in [0.15, 0.2) is 6.10 Å². The molecule has 0 bridgehead atoms. The average Bonchev–Trinajstić information content (AvgIpc) is 3.34. The number of allylic oxidation sites excluding steroid dienone is 18. The molecular formula is C62H102O6. The zero-order valence-corrected chi connectivity index (χ0v) is 44.1. The summed E-state index contributed by atoms with van der Waals surface area (Å²) in [4.78, 5) is 38.1. The lowest BCUT2D eigenvalue weighted by Gasteiger charge is -2.18. The average molecular weight is 943 g/mol. The minimum absolute atomic E-state index is 0.103. The smallest absolute Gasteiger partial charge is 0.306 e. The Morgan fingerprint density at radius 3 is 0.926 bits per heavy atom. The molecule has 0 aromatic rings. The topological polar surface area (TPSA) is 78.9 Å². The van der Waals surface area contributed by atoms with Crippen molar-refractivity contribution in [3.63, 3.8) is 0 Å². The van der Waals surface area contributed by atoms with Gasteiger partial charge in [-0.15, -0.1) is 0 Å². The third kappa shape index (κ3) is 53.0. The fourth-order valence-corrected chi connectivity index (χ4v) is 7.36. The number of ether oxygens (including phenoxy) is 3. The van der Waals surface area contributed by atoms with Crippen LogP contribution in [0, 0.1) is 0 Å². The lowest BCUT2D eigenvalue weighted by Crippen LogP contribution is -2.30. The van der Waals surface area contributed by atoms with Crippen molar-refractivity contribution in [3.8, 4) is 0 Å². The molecule has 0 rings (SSSR count). The summed E-state index contributed by atoms with van der Waals surface area (Å²) >= 11 is 0. The van der Waals surface area contributed by atoms with Gasteiger partial charge in [-0.05, 0) is 122 Å². The van der Waals surface area contributed by atoms with Crippen LogP contribution in [0.25, 0.3) is 0 Å². The van der Waals surface area contributed by atoms with Gasteiger partial charge in [0.1, 0.15) is 13.2 Å². The Kier molecular flexibility index (Phi) is 52.4. The summed E-state index contributed by atoms with van der Waals surface area (Å²) in [5.41, 5.74) is 0. The molecule has 386 valence electrons. The Morgan fingerprint density at radius 2 is 0.574 bits per heavy atom. The molecule has 0 fully saturated rings. The van der Waals surface area contributed by atoms with E-state index in [2.05, 4.69) is 130 Å². The Hall–Kier alpha value is -3.93. The molecular weight excluding hydrogens is 841 g/mol. The second-order valence-electron chi connectivity index (χ2n) is 18.1. The molecule has 1 unspecified atom stereocenters. The normalized spacial score (nSPS) is 12.9. The van der Waals surface area contributed by atoms with Crippen LogP contribution >= 0.6 is 0 Å². The van der Waals surface area contributed by atoms with Crippen molar-refractivity contribution in [1.82, 2.24) is 0 Å². The van der Waals surface area contributed by atoms with E-state index in [0.29, 0.717) is 19.3 Å². The second-order valence-corrected chi connectivity index (χ2v) is 18.1. The summed E-state index contributed by atoms with van der Waals surface area (Å²) in [6.45, 7) is 6.36. The van der Waals surface area contributed by atoms with E-state index in [1.54, 1.807) is 0 Å². The summed E-state index contributed by atoms with van der Waals surface area (Å²) in [7, 11) is 0. The van der Waals surface area contributed by atoms with E-state index in [9.17, 15) is 14.4 Å². The van der Waals surface area contributed by atoms with E-state index in [1.165, 1.54) is 57.8 Å². The van der Waals surface area contributed by atoms with Crippen molar-refractivity contribution in [2.75, 3.05) is 13.2 Å². The van der Waals surface area contributed by atoms with Gasteiger partial charge in [0, 0.05) is 19.3 Å². The van der Waals surface area contributed by atoms with Crippen LogP contribution in [0.5, 0.6) is 0 Å². The minimum atomic E-state index is -0.806. The van der Waals surface area contributed by atoms with Crippen LogP contribution in [0.3, 0.4) is 0 Å². The Bertz CT molecular complexity index is 1410. The fraction of sp³-hybridized carbons (Fsp3) is 0.661. The summed E-state index contributed by atoms with van der Waals surface area (Å²) in [6.07, 6.45) is 75.0. The molecule has 0 saturated carbocycles. The highest BCUT2D eigenvalue weighted by Gasteiger charge is 2.19. The van der Waals surface area contributed by atoms with Crippen molar-refractivity contribution in [2.24, 2.45) is 0 Å². The van der Waals surface area contributed by atoms with E-state index < -0.39 is 6.10 Å². The quantitative estimate of drug-likeness (QED) is 0.0262. The maximum atomic E-state index is 12.8. The third-order valence-corrected chi connectivity index (χ3v) is 11.5. The van der Waals surface area contributed by atoms with Crippen LogP contribution < -0.4 is 0 Å². The van der Waals surface area contributed by atoms with Crippen LogP contribution in [0.1, 0.15) is 245 Å². The number of carbonyl (C=O) groups is 3. The highest BCUT2D eigenvalue weighted by molar-refractivity contribution is 5.71. The number of esters is 3. The van der Waals surface area contributed by atoms with Crippen molar-refractivity contribution in [1.29, 1.82) is 0 Å². The van der Waals surface area contributed by atoms with Gasteiger partial charge < -0.3 is 14.2 Å². The summed E-state index contributed by atoms with van der Waals surface area (Å²) in [5.74, 6) is -0.960. The molecule has 0 aromatic carbocycles. The van der Waals surface area contributed by atoms with E-state index in [-0.39, 0.29) is 31.1 Å². The van der Waals surface area contributed by atoms with E-state index in [1.807, 2.05) is 0 Å². The molecule has 0 spiro atoms. The number of rotatable bonds is 49. The van der Waals surface area contributed by atoms with E-state index in [0.717, 1.165) is 148 Å². The molecule has 0 aliphatic carbocycles. The van der Waals surface area contributed by atoms with Crippen molar-refractivity contribution in [2.45, 2.75) is 252 Å². The van der Waals surface area contributed by atoms with Crippen LogP contribution in [0.15, 0.2) is 109 Å². The van der Waals surface area contributed by atoms with Crippen molar-refractivity contribution < 1.29 is 28.6 Å². The monoisotopic (exact) mass is 943 g/mol. The molecule has 0 aliphatic heterocycles. The summed E-state index contributed by atoms with van der Waals surface area (Å²) in [6, 6.07) is 0. The molecule has 6 nitrogen and oxygen atoms in total. The maximum absolute atomic E-state index is 12.8. The number of hydrogen-bond donors (Lipinski definition) is 0. The van der Waals surface area contributed by atoms with Gasteiger partial charge in [-0.25, -0.2) is 0 Å². The van der Waals surface area contributed by atoms with Gasteiger partial charge in [-0.1, -0.05) is 214 Å². The first kappa shape index (κ1) is 64.1. The molecule has 6 heteroatoms. The zero-order valence-electron chi connectivity index (χ0n) is 44.1. The van der Waals surface area contributed by atoms with Crippen molar-refractivity contribution >= 4 is 17.9 Å². The molecule has 0 amide bonds. The summed E-state index contributed by atoms with van der Waals surface area (Å²) in [5, 5.41) is 0. The van der Waals surface area contributed by atoms with Crippen LogP contribution in [0.2, 0.25) is 0 Å². The second kappa shape index (κ2) is 55.7. The number of carbonyl (C=O) groups excluding carboxylic acids is 3. The molecule has 0 aromatic heterocycles. The first-order valence-electron chi connectivity index (χ1n) is 27.9. The molecule has 1 atom stereocenters. The molecule has 0 N–H and O–H groups in total. The van der Waals surface area contributed by atoms with Crippen LogP contribution in [-0.2, 0) is 28.6 Å². The van der Waals surface area contributed by atoms with Gasteiger partial charge in [0.05, 0.1) is 0 Å². The SMILES string of the molecule is CC/C=C\C/C=C\C/C=C\C/C=C\C/C=C\CCCCCC(=O)OCC(COC(=O)CCCCCCC/C=C\C/C=C\C/C=C\CC)OC(=O)CCCCCCC/C=C\CCCCCCCCC. The molecule has 0 aliphatic rings. The first-order valence-corrected chi connectivity index (χ1v) is 27.9. The van der Waals surface area contributed by atoms with Gasteiger partial charge >= 0.3 is 17.9 Å². The highest BCUT2D eigenvalue weighted by atomic mass is 16.6. The Labute approximate surface area is 419 Å². The Morgan fingerprint density at radius 1 is 0.309 bits per heavy atom. The number of unbranched alkanes of at least 4 members (excludes halogenated alkanes) is 20. The molecule has 0 heterocycles. The first-order chi connectivity index (χ1) is 33.5. The predicted octanol–water partition coefficient (Wildman–Crippen LogP) is 18.7.